The van der Waals surface area contributed by atoms with Crippen LogP contribution >= 0.6 is 0 Å². The maximum Gasteiger partial charge on any atom is 0.300 e. The smallest absolute Gasteiger partial charge is 0.300 e. The Morgan fingerprint density at radius 1 is 1.25 bits per heavy atom. The summed E-state index contributed by atoms with van der Waals surface area (Å²) in [4.78, 5) is 9.00. The minimum Gasteiger partial charge on any atom is -0.481 e. The number of carboxylic acids is 1. The predicted molar refractivity (Wildman–Crippen MR) is 20.8 cm³/mol. The molecule has 0 amide bonds. The number of rotatable bonds is 0. The molecule has 8 heavy (non-hydrogen) atoms. The first kappa shape index (κ1) is 43.6. The summed E-state index contributed by atoms with van der Waals surface area (Å²) in [6.45, 7) is 1.08. The van der Waals surface area contributed by atoms with Crippen LogP contribution in [0.5, 0.6) is 0 Å². The summed E-state index contributed by atoms with van der Waals surface area (Å²) in [5.74, 6) is -0.833. The molecule has 0 spiro atoms. The second-order valence-corrected chi connectivity index (χ2v) is 0.519. The van der Waals surface area contributed by atoms with Gasteiger partial charge in [0.1, 0.15) is 0 Å². The van der Waals surface area contributed by atoms with E-state index in [-0.39, 0.29) is 36.5 Å². The first-order valence-corrected chi connectivity index (χ1v) is 0.928. The van der Waals surface area contributed by atoms with E-state index in [1.165, 1.54) is 0 Å². The summed E-state index contributed by atoms with van der Waals surface area (Å²) in [6, 6.07) is 0. The third-order valence-corrected chi connectivity index (χ3v) is 0. The van der Waals surface area contributed by atoms with E-state index in [0.29, 0.717) is 0 Å². The van der Waals surface area contributed by atoms with Crippen LogP contribution in [-0.4, -0.2) is 11.1 Å². The summed E-state index contributed by atoms with van der Waals surface area (Å²) in [5, 5.41) is 7.42. The van der Waals surface area contributed by atoms with Crippen LogP contribution in [-0.2, 0) is 27.2 Å². The number of hydrogen-bond donors (Lipinski definition) is 1. The minimum absolute atomic E-state index is 0. The summed E-state index contributed by atoms with van der Waals surface area (Å²) < 4.78 is 0. The van der Waals surface area contributed by atoms with Gasteiger partial charge < -0.3 is 5.11 Å². The molecule has 2 nitrogen and oxygen atoms in total. The van der Waals surface area contributed by atoms with Gasteiger partial charge in [-0.05, 0) is 0 Å². The van der Waals surface area contributed by atoms with Crippen molar-refractivity contribution in [3.05, 3.63) is 0 Å². The molecule has 0 saturated carbocycles. The van der Waals surface area contributed by atoms with Crippen molar-refractivity contribution in [2.75, 3.05) is 0 Å². The van der Waals surface area contributed by atoms with Crippen molar-refractivity contribution >= 4 is 5.97 Å². The van der Waals surface area contributed by atoms with Gasteiger partial charge in [0.2, 0.25) is 0 Å². The fourth-order valence-corrected chi connectivity index (χ4v) is 0. The SMILES string of the molecule is CC(=O)O.F.F.F.[Ag]. The molecule has 0 aromatic heterocycles. The van der Waals surface area contributed by atoms with E-state index in [0.717, 1.165) is 6.92 Å². The third kappa shape index (κ3) is 2220000000. The van der Waals surface area contributed by atoms with Crippen LogP contribution in [0.25, 0.3) is 0 Å². The molecule has 0 atom stereocenters. The zero-order valence-electron chi connectivity index (χ0n) is 3.88. The molecule has 1 radical (unpaired) electrons. The standard InChI is InChI=1S/C2H4O2.Ag.3FH/c1-2(3)4;;;;/h1H3,(H,3,4);;3*1H. The molecule has 0 aliphatic rings. The van der Waals surface area contributed by atoms with Crippen LogP contribution in [0.2, 0.25) is 0 Å². The first-order valence-electron chi connectivity index (χ1n) is 0.928. The molecule has 1 N–H and O–H groups in total. The fourth-order valence-electron chi connectivity index (χ4n) is 0. The average molecular weight is 228 g/mol. The van der Waals surface area contributed by atoms with Gasteiger partial charge in [0.15, 0.2) is 0 Å². The predicted octanol–water partition coefficient (Wildman–Crippen LogP) is 0.546. The number of aliphatic carboxylic acids is 1. The van der Waals surface area contributed by atoms with E-state index >= 15 is 0 Å². The van der Waals surface area contributed by atoms with Crippen molar-refractivity contribution in [1.29, 1.82) is 0 Å². The first-order chi connectivity index (χ1) is 1.73. The third-order valence-electron chi connectivity index (χ3n) is 0. The summed E-state index contributed by atoms with van der Waals surface area (Å²) >= 11 is 0. The Labute approximate surface area is 59.9 Å². The molecule has 0 saturated heterocycles. The van der Waals surface area contributed by atoms with E-state index in [9.17, 15) is 0 Å². The zero-order valence-corrected chi connectivity index (χ0v) is 5.36. The number of carbonyl (C=O) groups is 1. The molecule has 0 aromatic rings. The van der Waals surface area contributed by atoms with E-state index in [4.69, 9.17) is 9.90 Å². The van der Waals surface area contributed by atoms with Gasteiger partial charge in [-0.3, -0.25) is 18.9 Å². The van der Waals surface area contributed by atoms with Crippen LogP contribution in [0.1, 0.15) is 6.92 Å². The number of hydrogen-bond acceptors (Lipinski definition) is 1. The van der Waals surface area contributed by atoms with E-state index in [2.05, 4.69) is 0 Å². The molecule has 59 valence electrons. The minimum atomic E-state index is -0.833. The monoisotopic (exact) mass is 227 g/mol. The Hall–Kier alpha value is 0.000260. The molecule has 0 rings (SSSR count). The van der Waals surface area contributed by atoms with Crippen molar-refractivity contribution in [3.8, 4) is 0 Å². The van der Waals surface area contributed by atoms with Gasteiger partial charge in [-0.2, -0.15) is 0 Å². The Morgan fingerprint density at radius 3 is 1.25 bits per heavy atom. The van der Waals surface area contributed by atoms with Gasteiger partial charge in [-0.1, -0.05) is 0 Å². The van der Waals surface area contributed by atoms with Crippen LogP contribution < -0.4 is 0 Å². The van der Waals surface area contributed by atoms with Gasteiger partial charge in [-0.25, -0.2) is 0 Å². The average Bonchev–Trinajstić information content (AvgIpc) is 0.811. The molecule has 0 fully saturated rings. The summed E-state index contributed by atoms with van der Waals surface area (Å²) in [7, 11) is 0. The van der Waals surface area contributed by atoms with Gasteiger partial charge >= 0.3 is 0 Å². The number of carboxylic acid groups (broad SMARTS) is 1. The van der Waals surface area contributed by atoms with Crippen molar-refractivity contribution in [2.45, 2.75) is 6.92 Å². The van der Waals surface area contributed by atoms with Crippen molar-refractivity contribution in [1.82, 2.24) is 0 Å². The van der Waals surface area contributed by atoms with Gasteiger partial charge in [0.05, 0.1) is 0 Å². The normalized spacial score (nSPS) is 3.12. The summed E-state index contributed by atoms with van der Waals surface area (Å²) in [5.41, 5.74) is 0. The molecular formula is C2H7AgF3O2. The summed E-state index contributed by atoms with van der Waals surface area (Å²) in [6.07, 6.45) is 0. The van der Waals surface area contributed by atoms with E-state index in [1.807, 2.05) is 0 Å². The van der Waals surface area contributed by atoms with Crippen molar-refractivity contribution in [2.24, 2.45) is 0 Å². The van der Waals surface area contributed by atoms with E-state index < -0.39 is 5.97 Å². The van der Waals surface area contributed by atoms with E-state index in [1.54, 1.807) is 0 Å². The van der Waals surface area contributed by atoms with Crippen molar-refractivity contribution < 1.29 is 46.4 Å². The molecule has 0 aromatic carbocycles. The Morgan fingerprint density at radius 2 is 1.25 bits per heavy atom. The van der Waals surface area contributed by atoms with Crippen LogP contribution in [0.15, 0.2) is 0 Å². The van der Waals surface area contributed by atoms with Gasteiger partial charge in [0.25, 0.3) is 5.97 Å². The maximum absolute atomic E-state index is 9.00. The molecule has 0 aliphatic heterocycles. The van der Waals surface area contributed by atoms with Crippen LogP contribution in [0.4, 0.5) is 14.1 Å². The van der Waals surface area contributed by atoms with Gasteiger partial charge in [-0.15, -0.1) is 0 Å². The zero-order chi connectivity index (χ0) is 3.58. The Balaban J connectivity index is -0.00000000750. The Bertz CT molecular complexity index is 38.3. The largest absolute Gasteiger partial charge is 0.481 e. The second kappa shape index (κ2) is 28.0. The number of halogens is 3. The maximum atomic E-state index is 9.00. The fraction of sp³-hybridized carbons (Fsp3) is 0.500. The van der Waals surface area contributed by atoms with Crippen LogP contribution in [0, 0.1) is 0 Å². The molecule has 0 aliphatic carbocycles. The Kier molecular flexibility index (Phi) is 152. The molecular weight excluding hydrogens is 221 g/mol. The van der Waals surface area contributed by atoms with Gasteiger partial charge in [0, 0.05) is 29.3 Å². The molecule has 6 heteroatoms. The second-order valence-electron chi connectivity index (χ2n) is 0.519. The molecule has 0 heterocycles. The molecule has 0 unspecified atom stereocenters. The quantitative estimate of drug-likeness (QED) is 0.614. The van der Waals surface area contributed by atoms with Crippen molar-refractivity contribution in [3.63, 3.8) is 0 Å². The van der Waals surface area contributed by atoms with Crippen LogP contribution in [0.3, 0.4) is 0 Å². The molecule has 0 bridgehead atoms. The topological polar surface area (TPSA) is 37.3 Å².